The highest BCUT2D eigenvalue weighted by atomic mass is 16.2. The van der Waals surface area contributed by atoms with Gasteiger partial charge in [-0.25, -0.2) is 0 Å². The van der Waals surface area contributed by atoms with Crippen LogP contribution in [0, 0.1) is 0 Å². The average molecular weight is 430 g/mol. The number of imide groups is 2. The summed E-state index contributed by atoms with van der Waals surface area (Å²) in [5.74, 6) is -1.92. The monoisotopic (exact) mass is 430 g/mol. The topological polar surface area (TPSA) is 98.8 Å². The highest BCUT2D eigenvalue weighted by molar-refractivity contribution is 6.23. The number of fused-ring (bicyclic) bond motifs is 3. The predicted molar refractivity (Wildman–Crippen MR) is 115 cm³/mol. The molecule has 162 valence electrons. The van der Waals surface area contributed by atoms with Crippen molar-refractivity contribution in [2.75, 3.05) is 24.5 Å². The fourth-order valence-corrected chi connectivity index (χ4v) is 5.44. The van der Waals surface area contributed by atoms with E-state index in [1.54, 1.807) is 12.1 Å². The van der Waals surface area contributed by atoms with Crippen molar-refractivity contribution < 1.29 is 19.2 Å². The van der Waals surface area contributed by atoms with Crippen LogP contribution in [0.2, 0.25) is 0 Å². The van der Waals surface area contributed by atoms with Gasteiger partial charge >= 0.3 is 0 Å². The highest BCUT2D eigenvalue weighted by Crippen LogP contribution is 2.43. The Labute approximate surface area is 184 Å². The summed E-state index contributed by atoms with van der Waals surface area (Å²) >= 11 is 0. The van der Waals surface area contributed by atoms with E-state index in [1.807, 2.05) is 12.1 Å². The Kier molecular flexibility index (Phi) is 4.04. The molecule has 32 heavy (non-hydrogen) atoms. The first kappa shape index (κ1) is 19.2. The van der Waals surface area contributed by atoms with E-state index in [0.717, 1.165) is 30.1 Å². The number of piperidine rings is 1. The van der Waals surface area contributed by atoms with E-state index in [2.05, 4.69) is 33.7 Å². The molecule has 8 heteroatoms. The molecular weight excluding hydrogens is 408 g/mol. The van der Waals surface area contributed by atoms with Crippen molar-refractivity contribution in [3.05, 3.63) is 64.7 Å². The summed E-state index contributed by atoms with van der Waals surface area (Å²) in [5, 5.41) is 5.61. The first-order valence-electron chi connectivity index (χ1n) is 10.9. The highest BCUT2D eigenvalue weighted by Gasteiger charge is 2.47. The number of carbonyl (C=O) groups excluding carboxylic acids is 4. The van der Waals surface area contributed by atoms with Gasteiger partial charge in [-0.05, 0) is 35.7 Å². The summed E-state index contributed by atoms with van der Waals surface area (Å²) in [6.07, 6.45) is 0.268. The SMILES string of the molecule is O=C1CCC(N2C(=O)c3ccc(CN4CC5(CNC5)c5ccccc54)cc3C2=O)C(=O)N1. The molecule has 4 aliphatic rings. The molecule has 8 nitrogen and oxygen atoms in total. The van der Waals surface area contributed by atoms with E-state index in [9.17, 15) is 19.2 Å². The zero-order valence-electron chi connectivity index (χ0n) is 17.4. The molecule has 2 aromatic rings. The molecule has 1 spiro atoms. The maximum atomic E-state index is 13.1. The number of nitrogens with one attached hydrogen (secondary N) is 2. The maximum Gasteiger partial charge on any atom is 0.262 e. The van der Waals surface area contributed by atoms with E-state index < -0.39 is 23.8 Å². The first-order chi connectivity index (χ1) is 15.5. The van der Waals surface area contributed by atoms with Crippen molar-refractivity contribution in [3.8, 4) is 0 Å². The molecule has 6 rings (SSSR count). The minimum atomic E-state index is -0.944. The summed E-state index contributed by atoms with van der Waals surface area (Å²) in [6, 6.07) is 12.8. The molecular formula is C24H22N4O4. The van der Waals surface area contributed by atoms with Crippen LogP contribution in [0.3, 0.4) is 0 Å². The molecule has 1 unspecified atom stereocenters. The quantitative estimate of drug-likeness (QED) is 0.704. The summed E-state index contributed by atoms with van der Waals surface area (Å²) in [4.78, 5) is 53.1. The number of nitrogens with zero attached hydrogens (tertiary/aromatic N) is 2. The van der Waals surface area contributed by atoms with Gasteiger partial charge in [0.25, 0.3) is 11.8 Å². The largest absolute Gasteiger partial charge is 0.366 e. The Balaban J connectivity index is 1.27. The molecule has 0 aromatic heterocycles. The Morgan fingerprint density at radius 2 is 1.75 bits per heavy atom. The smallest absolute Gasteiger partial charge is 0.262 e. The van der Waals surface area contributed by atoms with Crippen LogP contribution in [0.15, 0.2) is 42.5 Å². The Bertz CT molecular complexity index is 1200. The molecule has 1 atom stereocenters. The van der Waals surface area contributed by atoms with Crippen molar-refractivity contribution in [3.63, 3.8) is 0 Å². The van der Waals surface area contributed by atoms with Gasteiger partial charge in [0.1, 0.15) is 6.04 Å². The molecule has 0 bridgehead atoms. The Morgan fingerprint density at radius 1 is 0.969 bits per heavy atom. The van der Waals surface area contributed by atoms with Crippen LogP contribution in [-0.2, 0) is 21.5 Å². The molecule has 0 radical (unpaired) electrons. The minimum absolute atomic E-state index is 0.111. The second-order valence-electron chi connectivity index (χ2n) is 9.08. The van der Waals surface area contributed by atoms with Crippen LogP contribution in [0.25, 0.3) is 0 Å². The Hall–Kier alpha value is -3.52. The van der Waals surface area contributed by atoms with Gasteiger partial charge < -0.3 is 10.2 Å². The minimum Gasteiger partial charge on any atom is -0.366 e. The normalized spacial score (nSPS) is 23.3. The second kappa shape index (κ2) is 6.74. The fraction of sp³-hybridized carbons (Fsp3) is 0.333. The van der Waals surface area contributed by atoms with Gasteiger partial charge in [0.05, 0.1) is 11.1 Å². The summed E-state index contributed by atoms with van der Waals surface area (Å²) < 4.78 is 0. The van der Waals surface area contributed by atoms with Crippen molar-refractivity contribution in [1.82, 2.24) is 15.5 Å². The van der Waals surface area contributed by atoms with Crippen molar-refractivity contribution in [2.45, 2.75) is 30.8 Å². The molecule has 4 amide bonds. The lowest BCUT2D eigenvalue weighted by molar-refractivity contribution is -0.136. The van der Waals surface area contributed by atoms with E-state index >= 15 is 0 Å². The first-order valence-corrected chi connectivity index (χ1v) is 10.9. The van der Waals surface area contributed by atoms with Gasteiger partial charge in [-0.15, -0.1) is 0 Å². The molecule has 2 fully saturated rings. The molecule has 2 N–H and O–H groups in total. The number of amides is 4. The van der Waals surface area contributed by atoms with Crippen molar-refractivity contribution in [2.24, 2.45) is 0 Å². The van der Waals surface area contributed by atoms with Gasteiger partial charge in [-0.1, -0.05) is 24.3 Å². The number of para-hydroxylation sites is 1. The van der Waals surface area contributed by atoms with Crippen molar-refractivity contribution >= 4 is 29.3 Å². The molecule has 0 aliphatic carbocycles. The van der Waals surface area contributed by atoms with Crippen LogP contribution in [0.4, 0.5) is 5.69 Å². The molecule has 0 saturated carbocycles. The fourth-order valence-electron chi connectivity index (χ4n) is 5.44. The van der Waals surface area contributed by atoms with Gasteiger partial charge in [-0.3, -0.25) is 29.4 Å². The average Bonchev–Trinajstić information content (AvgIpc) is 3.21. The van der Waals surface area contributed by atoms with E-state index in [-0.39, 0.29) is 24.2 Å². The lowest BCUT2D eigenvalue weighted by Crippen LogP contribution is -2.58. The summed E-state index contributed by atoms with van der Waals surface area (Å²) in [7, 11) is 0. The van der Waals surface area contributed by atoms with Crippen LogP contribution in [-0.4, -0.2) is 54.2 Å². The lowest BCUT2D eigenvalue weighted by Gasteiger charge is -2.40. The third kappa shape index (κ3) is 2.65. The van der Waals surface area contributed by atoms with E-state index in [4.69, 9.17) is 0 Å². The number of carbonyl (C=O) groups is 4. The second-order valence-corrected chi connectivity index (χ2v) is 9.08. The zero-order chi connectivity index (χ0) is 22.0. The molecule has 2 aromatic carbocycles. The zero-order valence-corrected chi connectivity index (χ0v) is 17.4. The van der Waals surface area contributed by atoms with Gasteiger partial charge in [-0.2, -0.15) is 0 Å². The summed E-state index contributed by atoms with van der Waals surface area (Å²) in [6.45, 7) is 3.45. The molecule has 2 saturated heterocycles. The van der Waals surface area contributed by atoms with Crippen LogP contribution < -0.4 is 15.5 Å². The predicted octanol–water partition coefficient (Wildman–Crippen LogP) is 0.949. The third-order valence-electron chi connectivity index (χ3n) is 7.11. The van der Waals surface area contributed by atoms with Gasteiger partial charge in [0, 0.05) is 43.7 Å². The van der Waals surface area contributed by atoms with Crippen LogP contribution in [0.1, 0.15) is 44.7 Å². The molecule has 4 aliphatic heterocycles. The molecule has 4 heterocycles. The van der Waals surface area contributed by atoms with Gasteiger partial charge in [0.2, 0.25) is 11.8 Å². The summed E-state index contributed by atoms with van der Waals surface area (Å²) in [5.41, 5.74) is 4.28. The number of hydrogen-bond acceptors (Lipinski definition) is 6. The van der Waals surface area contributed by atoms with E-state index in [0.29, 0.717) is 17.7 Å². The third-order valence-corrected chi connectivity index (χ3v) is 7.11. The van der Waals surface area contributed by atoms with Crippen LogP contribution in [0.5, 0.6) is 0 Å². The number of anilines is 1. The standard InChI is InChI=1S/C24H22N4O4/c29-20-8-7-19(21(30)26-20)28-22(31)15-6-5-14(9-16(15)23(28)32)10-27-13-24(11-25-12-24)17-3-1-2-4-18(17)27/h1-6,9,19,25H,7-8,10-13H2,(H,26,29,30). The lowest BCUT2D eigenvalue weighted by atomic mass is 9.77. The maximum absolute atomic E-state index is 13.1. The van der Waals surface area contributed by atoms with Crippen molar-refractivity contribution in [1.29, 1.82) is 0 Å². The van der Waals surface area contributed by atoms with Crippen LogP contribution >= 0.6 is 0 Å². The number of benzene rings is 2. The Morgan fingerprint density at radius 3 is 2.50 bits per heavy atom. The number of rotatable bonds is 3. The van der Waals surface area contributed by atoms with Gasteiger partial charge in [0.15, 0.2) is 0 Å². The van der Waals surface area contributed by atoms with E-state index in [1.165, 1.54) is 11.3 Å². The number of hydrogen-bond donors (Lipinski definition) is 2.